The van der Waals surface area contributed by atoms with E-state index in [-0.39, 0.29) is 5.92 Å². The van der Waals surface area contributed by atoms with Crippen molar-refractivity contribution in [3.63, 3.8) is 0 Å². The molecule has 0 aliphatic heterocycles. The summed E-state index contributed by atoms with van der Waals surface area (Å²) in [5.41, 5.74) is 2.09. The standard InChI is InChI=1S/C19H24N6/c1-13(2)16-10-17(23-19(22-16)14(3)4)20-11-18-24-21-12-25(18)15-8-6-5-7-9-15/h5-10,12-14H,11H2,1-4H3,(H,20,22,23). The van der Waals surface area contributed by atoms with Crippen LogP contribution in [0.1, 0.15) is 56.9 Å². The van der Waals surface area contributed by atoms with Crippen molar-refractivity contribution in [1.29, 1.82) is 0 Å². The second kappa shape index (κ2) is 7.42. The van der Waals surface area contributed by atoms with Gasteiger partial charge in [0.2, 0.25) is 0 Å². The fourth-order valence-corrected chi connectivity index (χ4v) is 2.48. The molecule has 25 heavy (non-hydrogen) atoms. The average molecular weight is 336 g/mol. The van der Waals surface area contributed by atoms with Gasteiger partial charge >= 0.3 is 0 Å². The molecule has 1 N–H and O–H groups in total. The summed E-state index contributed by atoms with van der Waals surface area (Å²) in [5, 5.41) is 11.6. The van der Waals surface area contributed by atoms with Gasteiger partial charge in [-0.05, 0) is 18.1 Å². The first-order valence-electron chi connectivity index (χ1n) is 8.61. The van der Waals surface area contributed by atoms with Crippen LogP contribution in [0.25, 0.3) is 5.69 Å². The fourth-order valence-electron chi connectivity index (χ4n) is 2.48. The molecule has 1 aromatic carbocycles. The van der Waals surface area contributed by atoms with Crippen molar-refractivity contribution in [3.05, 3.63) is 60.1 Å². The smallest absolute Gasteiger partial charge is 0.156 e. The summed E-state index contributed by atoms with van der Waals surface area (Å²) in [4.78, 5) is 9.30. The minimum absolute atomic E-state index is 0.284. The number of hydrogen-bond donors (Lipinski definition) is 1. The number of anilines is 1. The number of rotatable bonds is 6. The van der Waals surface area contributed by atoms with Gasteiger partial charge in [0.1, 0.15) is 18.0 Å². The van der Waals surface area contributed by atoms with Gasteiger partial charge in [0.25, 0.3) is 0 Å². The predicted octanol–water partition coefficient (Wildman–Crippen LogP) is 3.92. The van der Waals surface area contributed by atoms with Crippen LogP contribution in [-0.2, 0) is 6.54 Å². The molecule has 0 aliphatic rings. The van der Waals surface area contributed by atoms with Crippen LogP contribution in [0, 0.1) is 0 Å². The molecule has 6 heteroatoms. The zero-order valence-electron chi connectivity index (χ0n) is 15.1. The minimum Gasteiger partial charge on any atom is -0.363 e. The number of aromatic nitrogens is 5. The molecule has 0 bridgehead atoms. The van der Waals surface area contributed by atoms with Gasteiger partial charge in [0.15, 0.2) is 5.82 Å². The van der Waals surface area contributed by atoms with Crippen molar-refractivity contribution in [2.45, 2.75) is 46.1 Å². The Hall–Kier alpha value is -2.76. The minimum atomic E-state index is 0.284. The molecule has 0 unspecified atom stereocenters. The lowest BCUT2D eigenvalue weighted by Crippen LogP contribution is -2.11. The van der Waals surface area contributed by atoms with E-state index in [1.807, 2.05) is 41.0 Å². The van der Waals surface area contributed by atoms with Crippen molar-refractivity contribution in [2.75, 3.05) is 5.32 Å². The van der Waals surface area contributed by atoms with Crippen molar-refractivity contribution in [1.82, 2.24) is 24.7 Å². The van der Waals surface area contributed by atoms with Gasteiger partial charge in [-0.15, -0.1) is 10.2 Å². The molecule has 0 atom stereocenters. The Morgan fingerprint density at radius 1 is 1.00 bits per heavy atom. The van der Waals surface area contributed by atoms with Crippen LogP contribution >= 0.6 is 0 Å². The lowest BCUT2D eigenvalue weighted by molar-refractivity contribution is 0.729. The number of nitrogens with zero attached hydrogens (tertiary/aromatic N) is 5. The lowest BCUT2D eigenvalue weighted by atomic mass is 10.1. The maximum atomic E-state index is 4.66. The Bertz CT molecular complexity index is 797. The summed E-state index contributed by atoms with van der Waals surface area (Å²) in [6.45, 7) is 9.04. The fraction of sp³-hybridized carbons (Fsp3) is 0.368. The molecule has 0 fully saturated rings. The molecule has 0 radical (unpaired) electrons. The Kier molecular flexibility index (Phi) is 5.07. The molecule has 0 aliphatic carbocycles. The van der Waals surface area contributed by atoms with Crippen molar-refractivity contribution in [2.24, 2.45) is 0 Å². The first-order valence-corrected chi connectivity index (χ1v) is 8.61. The second-order valence-electron chi connectivity index (χ2n) is 6.65. The molecule has 3 rings (SSSR count). The van der Waals surface area contributed by atoms with Gasteiger partial charge in [-0.1, -0.05) is 45.9 Å². The molecular weight excluding hydrogens is 312 g/mol. The highest BCUT2D eigenvalue weighted by atomic mass is 15.3. The van der Waals surface area contributed by atoms with E-state index in [2.05, 4.69) is 53.2 Å². The highest BCUT2D eigenvalue weighted by molar-refractivity contribution is 5.38. The topological polar surface area (TPSA) is 68.5 Å². The quantitative estimate of drug-likeness (QED) is 0.739. The van der Waals surface area contributed by atoms with Crippen LogP contribution in [0.2, 0.25) is 0 Å². The monoisotopic (exact) mass is 336 g/mol. The molecule has 0 saturated carbocycles. The summed E-state index contributed by atoms with van der Waals surface area (Å²) in [5.74, 6) is 3.16. The third-order valence-electron chi connectivity index (χ3n) is 3.95. The van der Waals surface area contributed by atoms with E-state index in [0.717, 1.165) is 28.8 Å². The van der Waals surface area contributed by atoms with E-state index < -0.39 is 0 Å². The molecule has 0 saturated heterocycles. The van der Waals surface area contributed by atoms with Crippen molar-refractivity contribution in [3.8, 4) is 5.69 Å². The molecule has 3 aromatic rings. The largest absolute Gasteiger partial charge is 0.363 e. The summed E-state index contributed by atoms with van der Waals surface area (Å²) >= 11 is 0. The van der Waals surface area contributed by atoms with Gasteiger partial charge in [0.05, 0.1) is 6.54 Å². The maximum Gasteiger partial charge on any atom is 0.156 e. The zero-order valence-corrected chi connectivity index (χ0v) is 15.1. The SMILES string of the molecule is CC(C)c1cc(NCc2nncn2-c2ccccc2)nc(C(C)C)n1. The zero-order chi connectivity index (χ0) is 17.8. The Morgan fingerprint density at radius 2 is 1.76 bits per heavy atom. The third kappa shape index (κ3) is 4.02. The average Bonchev–Trinajstić information content (AvgIpc) is 3.09. The Balaban J connectivity index is 1.82. The third-order valence-corrected chi connectivity index (χ3v) is 3.95. The van der Waals surface area contributed by atoms with Crippen LogP contribution in [0.4, 0.5) is 5.82 Å². The molecule has 6 nitrogen and oxygen atoms in total. The maximum absolute atomic E-state index is 4.66. The van der Waals surface area contributed by atoms with Crippen LogP contribution in [0.5, 0.6) is 0 Å². The number of para-hydroxylation sites is 1. The molecule has 2 aromatic heterocycles. The Labute approximate surface area is 148 Å². The van der Waals surface area contributed by atoms with E-state index in [1.54, 1.807) is 6.33 Å². The van der Waals surface area contributed by atoms with E-state index in [0.29, 0.717) is 12.5 Å². The van der Waals surface area contributed by atoms with E-state index in [1.165, 1.54) is 0 Å². The number of benzene rings is 1. The second-order valence-corrected chi connectivity index (χ2v) is 6.65. The predicted molar refractivity (Wildman–Crippen MR) is 98.9 cm³/mol. The van der Waals surface area contributed by atoms with Crippen LogP contribution < -0.4 is 5.32 Å². The van der Waals surface area contributed by atoms with Gasteiger partial charge < -0.3 is 5.32 Å². The van der Waals surface area contributed by atoms with Gasteiger partial charge in [-0.25, -0.2) is 9.97 Å². The number of nitrogens with one attached hydrogen (secondary N) is 1. The normalized spacial score (nSPS) is 11.3. The summed E-state index contributed by atoms with van der Waals surface area (Å²) in [7, 11) is 0. The Morgan fingerprint density at radius 3 is 2.44 bits per heavy atom. The van der Waals surface area contributed by atoms with Gasteiger partial charge in [0, 0.05) is 23.4 Å². The van der Waals surface area contributed by atoms with Crippen molar-refractivity contribution >= 4 is 5.82 Å². The first-order chi connectivity index (χ1) is 12.0. The highest BCUT2D eigenvalue weighted by Gasteiger charge is 2.12. The summed E-state index contributed by atoms with van der Waals surface area (Å²) in [6, 6.07) is 12.1. The molecular formula is C19H24N6. The van der Waals surface area contributed by atoms with Crippen LogP contribution in [0.3, 0.4) is 0 Å². The van der Waals surface area contributed by atoms with Gasteiger partial charge in [-0.3, -0.25) is 4.57 Å². The number of hydrogen-bond acceptors (Lipinski definition) is 5. The molecule has 0 amide bonds. The van der Waals surface area contributed by atoms with E-state index >= 15 is 0 Å². The summed E-state index contributed by atoms with van der Waals surface area (Å²) < 4.78 is 1.97. The molecule has 2 heterocycles. The van der Waals surface area contributed by atoms with Crippen LogP contribution in [0.15, 0.2) is 42.7 Å². The van der Waals surface area contributed by atoms with Crippen LogP contribution in [-0.4, -0.2) is 24.7 Å². The lowest BCUT2D eigenvalue weighted by Gasteiger charge is -2.13. The summed E-state index contributed by atoms with van der Waals surface area (Å²) in [6.07, 6.45) is 1.73. The van der Waals surface area contributed by atoms with E-state index in [4.69, 9.17) is 0 Å². The molecule has 130 valence electrons. The van der Waals surface area contributed by atoms with Crippen molar-refractivity contribution < 1.29 is 0 Å². The van der Waals surface area contributed by atoms with Gasteiger partial charge in [-0.2, -0.15) is 0 Å². The first kappa shape index (κ1) is 17.1. The van der Waals surface area contributed by atoms with E-state index in [9.17, 15) is 0 Å². The highest BCUT2D eigenvalue weighted by Crippen LogP contribution is 2.20. The molecule has 0 spiro atoms.